The lowest BCUT2D eigenvalue weighted by Gasteiger charge is -2.12. The molecule has 13 heteroatoms. The number of nitrogens with two attached hydrogens (primary N) is 1. The number of carbonyl (C=O) groups excluding carboxylic acids is 1. The molecule has 0 saturated heterocycles. The van der Waals surface area contributed by atoms with Gasteiger partial charge >= 0.3 is 6.18 Å². The molecule has 0 aliphatic carbocycles. The molecule has 2 aromatic rings. The molecular weight excluding hydrogens is 416 g/mol. The van der Waals surface area contributed by atoms with Crippen molar-refractivity contribution in [3.63, 3.8) is 0 Å². The van der Waals surface area contributed by atoms with Gasteiger partial charge in [-0.2, -0.15) is 13.2 Å². The number of hydrogen-bond acceptors (Lipinski definition) is 4. The fraction of sp³-hybridized carbons (Fsp3) is 0.133. The van der Waals surface area contributed by atoms with E-state index in [2.05, 4.69) is 0 Å². The fourth-order valence-electron chi connectivity index (χ4n) is 1.99. The molecule has 6 nitrogen and oxygen atoms in total. The van der Waals surface area contributed by atoms with Crippen molar-refractivity contribution < 1.29 is 39.6 Å². The van der Waals surface area contributed by atoms with Crippen LogP contribution in [0.2, 0.25) is 0 Å². The molecule has 0 radical (unpaired) electrons. The summed E-state index contributed by atoms with van der Waals surface area (Å²) >= 11 is 0. The highest BCUT2D eigenvalue weighted by atomic mass is 32.2. The number of amides is 1. The zero-order valence-electron chi connectivity index (χ0n) is 13.6. The third-order valence-electron chi connectivity index (χ3n) is 3.27. The van der Waals surface area contributed by atoms with E-state index in [-0.39, 0.29) is 0 Å². The average molecular weight is 427 g/mol. The summed E-state index contributed by atoms with van der Waals surface area (Å²) in [4.78, 5) is 11.3. The summed E-state index contributed by atoms with van der Waals surface area (Å²) in [5.74, 6) is -5.98. The zero-order chi connectivity index (χ0) is 21.3. The number of nitrogen functional groups attached to an aromatic ring is 1. The van der Waals surface area contributed by atoms with E-state index in [0.29, 0.717) is 18.2 Å². The monoisotopic (exact) mass is 427 g/mol. The predicted octanol–water partition coefficient (Wildman–Crippen LogP) is 2.78. The van der Waals surface area contributed by atoms with Gasteiger partial charge in [-0.25, -0.2) is 26.3 Å². The van der Waals surface area contributed by atoms with Crippen molar-refractivity contribution >= 4 is 27.3 Å². The van der Waals surface area contributed by atoms with Gasteiger partial charge in [0.2, 0.25) is 10.0 Å². The van der Waals surface area contributed by atoms with Gasteiger partial charge < -0.3 is 11.1 Å². The predicted molar refractivity (Wildman–Crippen MR) is 86.4 cm³/mol. The first-order valence-corrected chi connectivity index (χ1v) is 8.70. The Kier molecular flexibility index (Phi) is 5.89. The number of hydrogen-bond donors (Lipinski definition) is 3. The van der Waals surface area contributed by atoms with Gasteiger partial charge in [-0.15, -0.1) is 0 Å². The summed E-state index contributed by atoms with van der Waals surface area (Å²) < 4.78 is 101. The van der Waals surface area contributed by atoms with Crippen LogP contribution in [0.15, 0.2) is 35.2 Å². The maximum atomic E-state index is 13.2. The van der Waals surface area contributed by atoms with E-state index in [1.807, 2.05) is 5.32 Å². The Labute approximate surface area is 154 Å². The number of carbonyl (C=O) groups is 1. The molecule has 152 valence electrons. The molecule has 0 aromatic heterocycles. The van der Waals surface area contributed by atoms with Crippen LogP contribution in [0.1, 0.15) is 10.4 Å². The fourth-order valence-corrected chi connectivity index (χ4v) is 3.16. The highest BCUT2D eigenvalue weighted by Gasteiger charge is 2.31. The van der Waals surface area contributed by atoms with Crippen LogP contribution < -0.4 is 15.8 Å². The number of nitrogens with one attached hydrogen (secondary N) is 2. The Morgan fingerprint density at radius 3 is 2.14 bits per heavy atom. The summed E-state index contributed by atoms with van der Waals surface area (Å²) in [6, 6.07) is 3.62. The second-order valence-corrected chi connectivity index (χ2v) is 7.14. The van der Waals surface area contributed by atoms with Gasteiger partial charge in [0.15, 0.2) is 17.5 Å². The van der Waals surface area contributed by atoms with E-state index in [0.717, 1.165) is 12.1 Å². The second-order valence-electron chi connectivity index (χ2n) is 5.40. The summed E-state index contributed by atoms with van der Waals surface area (Å²) in [5, 5.41) is 2.00. The van der Waals surface area contributed by atoms with Gasteiger partial charge in [-0.1, -0.05) is 0 Å². The minimum atomic E-state index is -4.83. The molecule has 0 bridgehead atoms. The Bertz CT molecular complexity index is 1000. The molecule has 28 heavy (non-hydrogen) atoms. The van der Waals surface area contributed by atoms with Crippen LogP contribution >= 0.6 is 0 Å². The van der Waals surface area contributed by atoms with E-state index in [9.17, 15) is 39.6 Å². The summed E-state index contributed by atoms with van der Waals surface area (Å²) in [6.45, 7) is -1.86. The van der Waals surface area contributed by atoms with E-state index >= 15 is 0 Å². The Morgan fingerprint density at radius 1 is 1.04 bits per heavy atom. The molecule has 0 unspecified atom stereocenters. The van der Waals surface area contributed by atoms with Gasteiger partial charge in [0.25, 0.3) is 5.91 Å². The van der Waals surface area contributed by atoms with Crippen molar-refractivity contribution in [1.29, 1.82) is 0 Å². The van der Waals surface area contributed by atoms with Gasteiger partial charge in [0.05, 0.1) is 5.69 Å². The standard InChI is InChI=1S/C15H11F6N3O3S/c16-9-4-8(5-10(17)13(9)18)24-14(25)7-1-2-11(22)12(3-7)28(26,27)23-6-15(19,20)21/h1-5,23H,6,22H2,(H,24,25). The van der Waals surface area contributed by atoms with Gasteiger partial charge in [0.1, 0.15) is 11.4 Å². The van der Waals surface area contributed by atoms with E-state index in [1.54, 1.807) is 0 Å². The topological polar surface area (TPSA) is 101 Å². The maximum Gasteiger partial charge on any atom is 0.402 e. The van der Waals surface area contributed by atoms with Crippen LogP contribution in [0.5, 0.6) is 0 Å². The third kappa shape index (κ3) is 5.13. The minimum absolute atomic E-state index is 0.397. The molecule has 0 aliphatic rings. The van der Waals surface area contributed by atoms with Crippen LogP contribution in [0.25, 0.3) is 0 Å². The molecule has 0 atom stereocenters. The SMILES string of the molecule is Nc1ccc(C(=O)Nc2cc(F)c(F)c(F)c2)cc1S(=O)(=O)NCC(F)(F)F. The van der Waals surface area contributed by atoms with Crippen LogP contribution in [-0.4, -0.2) is 27.0 Å². The number of rotatable bonds is 5. The number of sulfonamides is 1. The van der Waals surface area contributed by atoms with Crippen molar-refractivity contribution in [2.45, 2.75) is 11.1 Å². The van der Waals surface area contributed by atoms with E-state index < -0.39 is 67.9 Å². The lowest BCUT2D eigenvalue weighted by molar-refractivity contribution is -0.121. The molecule has 0 spiro atoms. The van der Waals surface area contributed by atoms with Crippen LogP contribution in [0, 0.1) is 17.5 Å². The van der Waals surface area contributed by atoms with Gasteiger partial charge in [-0.05, 0) is 18.2 Å². The van der Waals surface area contributed by atoms with E-state index in [1.165, 1.54) is 4.72 Å². The van der Waals surface area contributed by atoms with Gasteiger partial charge in [-0.3, -0.25) is 4.79 Å². The molecular formula is C15H11F6N3O3S. The minimum Gasteiger partial charge on any atom is -0.398 e. The zero-order valence-corrected chi connectivity index (χ0v) is 14.4. The molecule has 0 fully saturated rings. The van der Waals surface area contributed by atoms with Gasteiger partial charge in [0, 0.05) is 23.4 Å². The van der Waals surface area contributed by atoms with Crippen LogP contribution in [-0.2, 0) is 10.0 Å². The molecule has 0 aliphatic heterocycles. The Balaban J connectivity index is 2.30. The van der Waals surface area contributed by atoms with Crippen molar-refractivity contribution in [3.8, 4) is 0 Å². The maximum absolute atomic E-state index is 13.2. The van der Waals surface area contributed by atoms with Crippen molar-refractivity contribution in [2.75, 3.05) is 17.6 Å². The van der Waals surface area contributed by atoms with Crippen molar-refractivity contribution in [3.05, 3.63) is 53.3 Å². The quantitative estimate of drug-likeness (QED) is 0.388. The Hall–Kier alpha value is -2.80. The number of alkyl halides is 3. The lowest BCUT2D eigenvalue weighted by atomic mass is 10.2. The summed E-state index contributed by atoms with van der Waals surface area (Å²) in [7, 11) is -4.72. The molecule has 0 saturated carbocycles. The average Bonchev–Trinajstić information content (AvgIpc) is 2.57. The first kappa shape index (κ1) is 21.5. The van der Waals surface area contributed by atoms with Crippen LogP contribution in [0.3, 0.4) is 0 Å². The van der Waals surface area contributed by atoms with Crippen molar-refractivity contribution in [1.82, 2.24) is 4.72 Å². The number of benzene rings is 2. The molecule has 1 amide bonds. The highest BCUT2D eigenvalue weighted by molar-refractivity contribution is 7.89. The molecule has 4 N–H and O–H groups in total. The molecule has 0 heterocycles. The summed E-state index contributed by atoms with van der Waals surface area (Å²) in [5.41, 5.74) is 4.14. The first-order chi connectivity index (χ1) is 12.8. The second kappa shape index (κ2) is 7.67. The highest BCUT2D eigenvalue weighted by Crippen LogP contribution is 2.23. The third-order valence-corrected chi connectivity index (χ3v) is 4.73. The normalized spacial score (nSPS) is 12.1. The van der Waals surface area contributed by atoms with Crippen molar-refractivity contribution in [2.24, 2.45) is 0 Å². The van der Waals surface area contributed by atoms with Crippen LogP contribution in [0.4, 0.5) is 37.7 Å². The summed E-state index contributed by atoms with van der Waals surface area (Å²) in [6.07, 6.45) is -4.83. The lowest BCUT2D eigenvalue weighted by Crippen LogP contribution is -2.34. The smallest absolute Gasteiger partial charge is 0.398 e. The molecule has 2 aromatic carbocycles. The largest absolute Gasteiger partial charge is 0.402 e. The van der Waals surface area contributed by atoms with E-state index in [4.69, 9.17) is 5.73 Å². The molecule has 2 rings (SSSR count). The number of anilines is 2. The Morgan fingerprint density at radius 2 is 1.61 bits per heavy atom. The first-order valence-electron chi connectivity index (χ1n) is 7.22. The number of halogens is 6.